The summed E-state index contributed by atoms with van der Waals surface area (Å²) in [7, 11) is 0. The van der Waals surface area contributed by atoms with Gasteiger partial charge in [-0.15, -0.1) is 11.3 Å². The van der Waals surface area contributed by atoms with E-state index in [2.05, 4.69) is 192 Å². The van der Waals surface area contributed by atoms with Crippen molar-refractivity contribution in [3.63, 3.8) is 0 Å². The molecular formula is C50H33N3S. The molecule has 0 aliphatic carbocycles. The van der Waals surface area contributed by atoms with E-state index in [1.54, 1.807) is 0 Å². The molecule has 0 spiro atoms. The van der Waals surface area contributed by atoms with Crippen LogP contribution in [0.1, 0.15) is 22.9 Å². The molecular weight excluding hydrogens is 675 g/mol. The molecule has 0 amide bonds. The summed E-state index contributed by atoms with van der Waals surface area (Å²) in [4.78, 5) is 6.50. The number of hydrogen-bond donors (Lipinski definition) is 1. The van der Waals surface area contributed by atoms with Gasteiger partial charge >= 0.3 is 0 Å². The van der Waals surface area contributed by atoms with Gasteiger partial charge in [-0.1, -0.05) is 164 Å². The summed E-state index contributed by atoms with van der Waals surface area (Å²) in [5.74, 6) is 0. The number of nitrogens with one attached hydrogen (secondary N) is 1. The molecule has 0 fully saturated rings. The number of allylic oxidation sites excluding steroid dienone is 1. The van der Waals surface area contributed by atoms with E-state index >= 15 is 0 Å². The van der Waals surface area contributed by atoms with Gasteiger partial charge in [-0.25, -0.2) is 0 Å². The number of aliphatic imine (C=N–C) groups is 1. The Kier molecular flexibility index (Phi) is 7.10. The van der Waals surface area contributed by atoms with Crippen LogP contribution in [0.15, 0.2) is 193 Å². The van der Waals surface area contributed by atoms with Gasteiger partial charge in [-0.2, -0.15) is 0 Å². The molecule has 0 radical (unpaired) electrons. The van der Waals surface area contributed by atoms with E-state index in [0.717, 1.165) is 28.1 Å². The van der Waals surface area contributed by atoms with Crippen LogP contribution in [0.5, 0.6) is 0 Å². The summed E-state index contributed by atoms with van der Waals surface area (Å²) in [5, 5.41) is 10.2. The van der Waals surface area contributed by atoms with Crippen LogP contribution >= 0.6 is 11.3 Å². The van der Waals surface area contributed by atoms with Gasteiger partial charge in [0.1, 0.15) is 11.0 Å². The second-order valence-electron chi connectivity index (χ2n) is 14.0. The zero-order valence-corrected chi connectivity index (χ0v) is 30.1. The highest BCUT2D eigenvalue weighted by Gasteiger charge is 2.23. The third kappa shape index (κ3) is 4.92. The molecule has 11 rings (SSSR count). The van der Waals surface area contributed by atoms with Gasteiger partial charge < -0.3 is 5.32 Å². The maximum Gasteiger partial charge on any atom is 0.145 e. The number of thiophene rings is 1. The fourth-order valence-corrected chi connectivity index (χ4v) is 9.53. The molecule has 0 bridgehead atoms. The van der Waals surface area contributed by atoms with Crippen LogP contribution in [0.4, 0.5) is 0 Å². The number of nitrogens with zero attached hydrogens (tertiary/aromatic N) is 2. The first-order chi connectivity index (χ1) is 26.8. The van der Waals surface area contributed by atoms with E-state index in [0.29, 0.717) is 0 Å². The fourth-order valence-electron chi connectivity index (χ4n) is 8.29. The first kappa shape index (κ1) is 30.8. The predicted molar refractivity (Wildman–Crippen MR) is 229 cm³/mol. The molecule has 1 aliphatic rings. The van der Waals surface area contributed by atoms with E-state index in [9.17, 15) is 0 Å². The molecule has 3 nitrogen and oxygen atoms in total. The van der Waals surface area contributed by atoms with E-state index in [-0.39, 0.29) is 6.17 Å². The van der Waals surface area contributed by atoms with Crippen molar-refractivity contribution in [3.8, 4) is 22.3 Å². The minimum Gasteiger partial charge on any atom is -0.360 e. The lowest BCUT2D eigenvalue weighted by Gasteiger charge is -2.25. The Labute approximate surface area is 316 Å². The van der Waals surface area contributed by atoms with Gasteiger partial charge in [0.05, 0.1) is 16.7 Å². The van der Waals surface area contributed by atoms with Crippen molar-refractivity contribution in [2.75, 3.05) is 0 Å². The van der Waals surface area contributed by atoms with Crippen molar-refractivity contribution in [1.82, 2.24) is 9.72 Å². The van der Waals surface area contributed by atoms with Crippen molar-refractivity contribution in [3.05, 3.63) is 205 Å². The smallest absolute Gasteiger partial charge is 0.145 e. The van der Waals surface area contributed by atoms with Crippen LogP contribution in [-0.4, -0.2) is 10.1 Å². The number of fused-ring (bicyclic) bond motifs is 10. The molecule has 254 valence electrons. The zero-order valence-electron chi connectivity index (χ0n) is 29.3. The first-order valence-corrected chi connectivity index (χ1v) is 19.2. The van der Waals surface area contributed by atoms with Crippen molar-refractivity contribution in [2.24, 2.45) is 4.99 Å². The minimum atomic E-state index is -0.215. The van der Waals surface area contributed by atoms with Crippen LogP contribution < -0.4 is 5.32 Å². The van der Waals surface area contributed by atoms with Crippen molar-refractivity contribution in [1.29, 1.82) is 0 Å². The molecule has 7 aromatic carbocycles. The van der Waals surface area contributed by atoms with Crippen molar-refractivity contribution < 1.29 is 0 Å². The Hall–Kier alpha value is -6.75. The maximum absolute atomic E-state index is 5.21. The molecule has 10 aromatic rings. The number of pyridine rings is 1. The molecule has 1 N–H and O–H groups in total. The lowest BCUT2D eigenvalue weighted by molar-refractivity contribution is 0.664. The third-order valence-electron chi connectivity index (χ3n) is 10.8. The Morgan fingerprint density at radius 1 is 0.500 bits per heavy atom. The molecule has 4 heteroatoms. The van der Waals surface area contributed by atoms with E-state index < -0.39 is 0 Å². The number of benzene rings is 7. The highest BCUT2D eigenvalue weighted by Crippen LogP contribution is 2.47. The van der Waals surface area contributed by atoms with Gasteiger partial charge in [-0.05, 0) is 63.0 Å². The van der Waals surface area contributed by atoms with Gasteiger partial charge in [0.25, 0.3) is 0 Å². The van der Waals surface area contributed by atoms with E-state index in [4.69, 9.17) is 4.99 Å². The molecule has 1 aliphatic heterocycles. The number of hydrogen-bond acceptors (Lipinski definition) is 3. The topological polar surface area (TPSA) is 28.8 Å². The SMILES string of the molecule is C1=C(c2ccccc2)NC(c2ccc(-c3ccc4c(c3)c3c(-c5ccccc5)c5ccccc5n3c3sc5ccccc5c43)cc2)N=C1c1ccccc1. The first-order valence-electron chi connectivity index (χ1n) is 18.4. The largest absolute Gasteiger partial charge is 0.360 e. The molecule has 54 heavy (non-hydrogen) atoms. The molecule has 1 unspecified atom stereocenters. The van der Waals surface area contributed by atoms with Crippen LogP contribution in [0.2, 0.25) is 0 Å². The van der Waals surface area contributed by atoms with Crippen molar-refractivity contribution >= 4 is 70.2 Å². The van der Waals surface area contributed by atoms with E-state index in [1.165, 1.54) is 69.7 Å². The average molecular weight is 708 g/mol. The Morgan fingerprint density at radius 2 is 1.13 bits per heavy atom. The summed E-state index contributed by atoms with van der Waals surface area (Å²) < 4.78 is 3.83. The molecule has 0 saturated carbocycles. The third-order valence-corrected chi connectivity index (χ3v) is 12.0. The van der Waals surface area contributed by atoms with E-state index in [1.807, 2.05) is 17.4 Å². The highest BCUT2D eigenvalue weighted by molar-refractivity contribution is 7.25. The van der Waals surface area contributed by atoms with Gasteiger partial charge in [0, 0.05) is 37.5 Å². The lowest BCUT2D eigenvalue weighted by atomic mass is 9.95. The van der Waals surface area contributed by atoms with Crippen LogP contribution in [0.3, 0.4) is 0 Å². The molecule has 1 atom stereocenters. The maximum atomic E-state index is 5.21. The van der Waals surface area contributed by atoms with Crippen LogP contribution in [-0.2, 0) is 0 Å². The number of para-hydroxylation sites is 1. The quantitative estimate of drug-likeness (QED) is 0.190. The second kappa shape index (κ2) is 12.4. The minimum absolute atomic E-state index is 0.215. The Bertz CT molecular complexity index is 3100. The monoisotopic (exact) mass is 707 g/mol. The Morgan fingerprint density at radius 3 is 1.89 bits per heavy atom. The fraction of sp³-hybridized carbons (Fsp3) is 0.0200. The van der Waals surface area contributed by atoms with Gasteiger partial charge in [-0.3, -0.25) is 9.39 Å². The predicted octanol–water partition coefficient (Wildman–Crippen LogP) is 13.1. The molecule has 4 heterocycles. The van der Waals surface area contributed by atoms with Gasteiger partial charge in [0.2, 0.25) is 0 Å². The molecule has 3 aromatic heterocycles. The summed E-state index contributed by atoms with van der Waals surface area (Å²) in [5.41, 5.74) is 12.8. The molecule has 0 saturated heterocycles. The second-order valence-corrected chi connectivity index (χ2v) is 15.0. The highest BCUT2D eigenvalue weighted by atomic mass is 32.1. The lowest BCUT2D eigenvalue weighted by Crippen LogP contribution is -2.24. The summed E-state index contributed by atoms with van der Waals surface area (Å²) in [6, 6.07) is 65.6. The van der Waals surface area contributed by atoms with Gasteiger partial charge in [0.15, 0.2) is 0 Å². The Balaban J connectivity index is 1.09. The zero-order chi connectivity index (χ0) is 35.6. The standard InChI is InChI=1S/C50H33N3S/c1-4-14-33(15-5-1)42-31-43(34-16-6-2-7-17-34)52-49(51-42)36-26-24-32(25-27-36)37-28-29-38-41(30-37)48-46(35-18-8-3-9-19-35)39-20-10-12-22-44(39)53(48)50-47(38)40-21-11-13-23-45(40)54-50/h1-31,49,51H. The number of rotatable bonds is 5. The van der Waals surface area contributed by atoms with Crippen molar-refractivity contribution in [2.45, 2.75) is 6.17 Å². The summed E-state index contributed by atoms with van der Waals surface area (Å²) >= 11 is 1.88. The summed E-state index contributed by atoms with van der Waals surface area (Å²) in [6.45, 7) is 0. The number of aromatic nitrogens is 1. The summed E-state index contributed by atoms with van der Waals surface area (Å²) in [6.07, 6.45) is 1.95. The normalized spacial score (nSPS) is 14.5. The van der Waals surface area contributed by atoms with Crippen LogP contribution in [0.25, 0.3) is 75.4 Å². The van der Waals surface area contributed by atoms with Crippen LogP contribution in [0, 0.1) is 0 Å². The average Bonchev–Trinajstić information content (AvgIpc) is 3.81.